The van der Waals surface area contributed by atoms with E-state index in [-0.39, 0.29) is 24.2 Å². The predicted molar refractivity (Wildman–Crippen MR) is 101 cm³/mol. The molecule has 3 rings (SSSR count). The van der Waals surface area contributed by atoms with Crippen LogP contribution in [0.2, 0.25) is 0 Å². The highest BCUT2D eigenvalue weighted by Gasteiger charge is 2.21. The van der Waals surface area contributed by atoms with E-state index in [0.29, 0.717) is 5.13 Å². The van der Waals surface area contributed by atoms with Crippen molar-refractivity contribution in [2.24, 2.45) is 5.92 Å². The Hall–Kier alpha value is -0.950. The number of aromatic nitrogens is 1. The fraction of sp³-hybridized carbons (Fsp3) is 0.375. The van der Waals surface area contributed by atoms with Gasteiger partial charge in [-0.3, -0.25) is 4.79 Å². The summed E-state index contributed by atoms with van der Waals surface area (Å²) in [5, 5.41) is 6.91. The van der Waals surface area contributed by atoms with E-state index in [2.05, 4.69) is 43.7 Å². The monoisotopic (exact) mass is 415 g/mol. The highest BCUT2D eigenvalue weighted by molar-refractivity contribution is 9.10. The molecular formula is C16H19BrClN3OS. The number of nitrogens with one attached hydrogen (secondary N) is 2. The van der Waals surface area contributed by atoms with E-state index in [4.69, 9.17) is 0 Å². The Morgan fingerprint density at radius 3 is 3.09 bits per heavy atom. The van der Waals surface area contributed by atoms with Gasteiger partial charge in [-0.1, -0.05) is 28.1 Å². The summed E-state index contributed by atoms with van der Waals surface area (Å²) in [4.78, 5) is 17.7. The van der Waals surface area contributed by atoms with E-state index < -0.39 is 0 Å². The number of anilines is 1. The van der Waals surface area contributed by atoms with Gasteiger partial charge in [-0.2, -0.15) is 0 Å². The Morgan fingerprint density at radius 2 is 2.35 bits per heavy atom. The van der Waals surface area contributed by atoms with Crippen molar-refractivity contribution in [3.05, 3.63) is 45.4 Å². The number of carbonyl (C=O) groups is 1. The minimum atomic E-state index is 0. The van der Waals surface area contributed by atoms with Crippen LogP contribution in [0.1, 0.15) is 23.3 Å². The third-order valence-corrected chi connectivity index (χ3v) is 5.12. The third-order valence-electron chi connectivity index (χ3n) is 3.72. The van der Waals surface area contributed by atoms with Crippen molar-refractivity contribution in [3.8, 4) is 0 Å². The second kappa shape index (κ2) is 8.78. The van der Waals surface area contributed by atoms with Gasteiger partial charge in [0.15, 0.2) is 5.13 Å². The molecule has 1 saturated heterocycles. The van der Waals surface area contributed by atoms with Crippen LogP contribution in [-0.4, -0.2) is 24.0 Å². The summed E-state index contributed by atoms with van der Waals surface area (Å²) >= 11 is 5.03. The third kappa shape index (κ3) is 5.28. The van der Waals surface area contributed by atoms with Crippen molar-refractivity contribution in [1.29, 1.82) is 0 Å². The topological polar surface area (TPSA) is 54.0 Å². The summed E-state index contributed by atoms with van der Waals surface area (Å²) in [6.45, 7) is 1.78. The lowest BCUT2D eigenvalue weighted by Gasteiger charge is -2.21. The number of hydrogen-bond donors (Lipinski definition) is 2. The molecule has 4 nitrogen and oxygen atoms in total. The zero-order valence-corrected chi connectivity index (χ0v) is 15.8. The molecule has 7 heteroatoms. The van der Waals surface area contributed by atoms with E-state index in [1.54, 1.807) is 11.3 Å². The SMILES string of the molecule is Cl.O=C(Nc1ncc(Cc2cccc(Br)c2)s1)C1CCCNC1. The standard InChI is InChI=1S/C16H18BrN3OS.ClH/c17-13-5-1-3-11(7-13)8-14-10-19-16(22-14)20-15(21)12-4-2-6-18-9-12;/h1,3,5,7,10,12,18H,2,4,6,8-9H2,(H,19,20,21);1H. The molecule has 1 aromatic heterocycles. The Morgan fingerprint density at radius 1 is 1.48 bits per heavy atom. The van der Waals surface area contributed by atoms with Crippen LogP contribution in [0.5, 0.6) is 0 Å². The Labute approximate surface area is 154 Å². The van der Waals surface area contributed by atoms with Gasteiger partial charge in [-0.15, -0.1) is 23.7 Å². The molecule has 1 fully saturated rings. The normalized spacial score (nSPS) is 17.3. The number of rotatable bonds is 4. The summed E-state index contributed by atoms with van der Waals surface area (Å²) in [7, 11) is 0. The molecule has 1 unspecified atom stereocenters. The van der Waals surface area contributed by atoms with Gasteiger partial charge in [-0.05, 0) is 37.1 Å². The van der Waals surface area contributed by atoms with Gasteiger partial charge < -0.3 is 10.6 Å². The largest absolute Gasteiger partial charge is 0.316 e. The molecule has 1 aliphatic heterocycles. The predicted octanol–water partition coefficient (Wildman–Crippen LogP) is 3.86. The van der Waals surface area contributed by atoms with Crippen molar-refractivity contribution in [1.82, 2.24) is 10.3 Å². The first kappa shape index (κ1) is 18.4. The fourth-order valence-electron chi connectivity index (χ4n) is 2.58. The van der Waals surface area contributed by atoms with E-state index in [1.165, 1.54) is 5.56 Å². The van der Waals surface area contributed by atoms with Gasteiger partial charge in [0.1, 0.15) is 0 Å². The molecule has 0 saturated carbocycles. The first-order valence-corrected chi connectivity index (χ1v) is 9.02. The molecule has 0 radical (unpaired) electrons. The number of nitrogens with zero attached hydrogens (tertiary/aromatic N) is 1. The van der Waals surface area contributed by atoms with Gasteiger partial charge >= 0.3 is 0 Å². The van der Waals surface area contributed by atoms with Crippen LogP contribution in [0.15, 0.2) is 34.9 Å². The zero-order valence-electron chi connectivity index (χ0n) is 12.5. The fourth-order valence-corrected chi connectivity index (χ4v) is 3.87. The number of carbonyl (C=O) groups excluding carboxylic acids is 1. The van der Waals surface area contributed by atoms with Crippen molar-refractivity contribution < 1.29 is 4.79 Å². The molecule has 0 bridgehead atoms. The maximum atomic E-state index is 12.2. The van der Waals surface area contributed by atoms with Crippen LogP contribution in [0.3, 0.4) is 0 Å². The molecule has 1 aliphatic rings. The van der Waals surface area contributed by atoms with Crippen LogP contribution in [-0.2, 0) is 11.2 Å². The van der Waals surface area contributed by atoms with Crippen LogP contribution in [0, 0.1) is 5.92 Å². The highest BCUT2D eigenvalue weighted by Crippen LogP contribution is 2.23. The summed E-state index contributed by atoms with van der Waals surface area (Å²) in [6.07, 6.45) is 4.69. The average molecular weight is 417 g/mol. The highest BCUT2D eigenvalue weighted by atomic mass is 79.9. The number of thiazole rings is 1. The number of halogens is 2. The Balaban J connectivity index is 0.00000192. The molecule has 2 heterocycles. The molecule has 1 amide bonds. The number of hydrogen-bond acceptors (Lipinski definition) is 4. The van der Waals surface area contributed by atoms with Crippen LogP contribution < -0.4 is 10.6 Å². The molecular weight excluding hydrogens is 398 g/mol. The molecule has 1 atom stereocenters. The van der Waals surface area contributed by atoms with E-state index in [0.717, 1.165) is 41.7 Å². The lowest BCUT2D eigenvalue weighted by Crippen LogP contribution is -2.37. The molecule has 124 valence electrons. The van der Waals surface area contributed by atoms with Crippen molar-refractivity contribution in [3.63, 3.8) is 0 Å². The van der Waals surface area contributed by atoms with E-state index >= 15 is 0 Å². The quantitative estimate of drug-likeness (QED) is 0.796. The van der Waals surface area contributed by atoms with E-state index in [9.17, 15) is 4.79 Å². The second-order valence-corrected chi connectivity index (χ2v) is 7.50. The maximum Gasteiger partial charge on any atom is 0.230 e. The lowest BCUT2D eigenvalue weighted by molar-refractivity contribution is -0.120. The zero-order chi connectivity index (χ0) is 15.4. The molecule has 23 heavy (non-hydrogen) atoms. The Kier molecular flexibility index (Phi) is 7.02. The molecule has 0 spiro atoms. The molecule has 2 aromatic rings. The minimum absolute atomic E-state index is 0. The number of amides is 1. The molecule has 0 aliphatic carbocycles. The first-order chi connectivity index (χ1) is 10.7. The molecule has 2 N–H and O–H groups in total. The second-order valence-electron chi connectivity index (χ2n) is 5.47. The smallest absolute Gasteiger partial charge is 0.230 e. The number of benzene rings is 1. The van der Waals surface area contributed by atoms with Crippen LogP contribution in [0.25, 0.3) is 0 Å². The van der Waals surface area contributed by atoms with Gasteiger partial charge in [0.25, 0.3) is 0 Å². The molecule has 1 aromatic carbocycles. The lowest BCUT2D eigenvalue weighted by atomic mass is 9.99. The van der Waals surface area contributed by atoms with E-state index in [1.807, 2.05) is 18.3 Å². The summed E-state index contributed by atoms with van der Waals surface area (Å²) in [5.41, 5.74) is 1.23. The van der Waals surface area contributed by atoms with Crippen molar-refractivity contribution in [2.75, 3.05) is 18.4 Å². The van der Waals surface area contributed by atoms with Gasteiger partial charge in [0, 0.05) is 28.5 Å². The summed E-state index contributed by atoms with van der Waals surface area (Å²) in [5.74, 6) is 0.140. The maximum absolute atomic E-state index is 12.2. The summed E-state index contributed by atoms with van der Waals surface area (Å²) < 4.78 is 1.08. The van der Waals surface area contributed by atoms with Crippen molar-refractivity contribution >= 4 is 50.7 Å². The van der Waals surface area contributed by atoms with Crippen LogP contribution >= 0.6 is 39.7 Å². The average Bonchev–Trinajstić information content (AvgIpc) is 2.95. The Bertz CT molecular complexity index is 658. The van der Waals surface area contributed by atoms with Gasteiger partial charge in [-0.25, -0.2) is 4.98 Å². The van der Waals surface area contributed by atoms with Crippen molar-refractivity contribution in [2.45, 2.75) is 19.3 Å². The number of piperidine rings is 1. The first-order valence-electron chi connectivity index (χ1n) is 7.41. The minimum Gasteiger partial charge on any atom is -0.316 e. The van der Waals surface area contributed by atoms with Gasteiger partial charge in [0.2, 0.25) is 5.91 Å². The summed E-state index contributed by atoms with van der Waals surface area (Å²) in [6, 6.07) is 8.24. The van der Waals surface area contributed by atoms with Crippen LogP contribution in [0.4, 0.5) is 5.13 Å². The van der Waals surface area contributed by atoms with Gasteiger partial charge in [0.05, 0.1) is 5.92 Å².